The third-order valence-electron chi connectivity index (χ3n) is 4.39. The number of hydrogen-bond donors (Lipinski definition) is 1. The summed E-state index contributed by atoms with van der Waals surface area (Å²) in [7, 11) is 0. The van der Waals surface area contributed by atoms with Crippen molar-refractivity contribution in [2.75, 3.05) is 0 Å². The molecule has 4 rings (SSSR count). The first-order valence-electron chi connectivity index (χ1n) is 7.80. The first kappa shape index (κ1) is 14.9. The maximum absolute atomic E-state index is 12.7. The van der Waals surface area contributed by atoms with Crippen molar-refractivity contribution in [3.63, 3.8) is 0 Å². The summed E-state index contributed by atoms with van der Waals surface area (Å²) in [5, 5.41) is 5.82. The van der Waals surface area contributed by atoms with Gasteiger partial charge in [-0.1, -0.05) is 24.3 Å². The second-order valence-corrected chi connectivity index (χ2v) is 6.81. The van der Waals surface area contributed by atoms with Crippen LogP contribution in [0.3, 0.4) is 0 Å². The van der Waals surface area contributed by atoms with Crippen LogP contribution in [0.1, 0.15) is 44.4 Å². The van der Waals surface area contributed by atoms with Gasteiger partial charge in [0.15, 0.2) is 5.78 Å². The number of hydrogen-bond acceptors (Lipinski definition) is 3. The summed E-state index contributed by atoms with van der Waals surface area (Å²) < 4.78 is 2.01. The maximum Gasteiger partial charge on any atom is 0.254 e. The summed E-state index contributed by atoms with van der Waals surface area (Å²) in [6.07, 6.45) is 2.19. The lowest BCUT2D eigenvalue weighted by Gasteiger charge is -2.17. The number of ketones is 1. The van der Waals surface area contributed by atoms with Crippen LogP contribution in [0, 0.1) is 6.92 Å². The molecule has 1 aliphatic rings. The molecular formula is C19H16N2O2S. The van der Waals surface area contributed by atoms with Gasteiger partial charge in [0.1, 0.15) is 5.00 Å². The number of aryl methyl sites for hydroxylation is 1. The van der Waals surface area contributed by atoms with E-state index < -0.39 is 0 Å². The number of fused-ring (bicyclic) bond motifs is 3. The molecule has 0 saturated heterocycles. The molecule has 24 heavy (non-hydrogen) atoms. The highest BCUT2D eigenvalue weighted by Gasteiger charge is 2.29. The minimum atomic E-state index is -0.334. The number of carbonyl (C=O) groups is 2. The number of nitrogens with one attached hydrogen (secondary N) is 1. The van der Waals surface area contributed by atoms with Crippen LogP contribution in [0.5, 0.6) is 0 Å². The van der Waals surface area contributed by atoms with Gasteiger partial charge in [0.25, 0.3) is 5.91 Å². The molecule has 1 unspecified atom stereocenters. The topological polar surface area (TPSA) is 51.1 Å². The fourth-order valence-electron chi connectivity index (χ4n) is 3.17. The van der Waals surface area contributed by atoms with Gasteiger partial charge in [0.05, 0.1) is 11.6 Å². The number of carbonyl (C=O) groups excluding carboxylic acids is 2. The van der Waals surface area contributed by atoms with Crippen molar-refractivity contribution in [1.82, 2.24) is 9.88 Å². The molecule has 1 N–H and O–H groups in total. The Morgan fingerprint density at radius 1 is 1.21 bits per heavy atom. The van der Waals surface area contributed by atoms with E-state index in [1.165, 1.54) is 11.3 Å². The van der Waals surface area contributed by atoms with Gasteiger partial charge in [-0.15, -0.1) is 11.3 Å². The first-order valence-corrected chi connectivity index (χ1v) is 8.68. The van der Waals surface area contributed by atoms with Crippen LogP contribution < -0.4 is 5.32 Å². The molecule has 0 aliphatic carbocycles. The predicted molar refractivity (Wildman–Crippen MR) is 94.0 cm³/mol. The van der Waals surface area contributed by atoms with Gasteiger partial charge in [-0.3, -0.25) is 9.59 Å². The minimum absolute atomic E-state index is 0.0383. The Balaban J connectivity index is 1.70. The second-order valence-electron chi connectivity index (χ2n) is 5.91. The van der Waals surface area contributed by atoms with Crippen molar-refractivity contribution in [2.24, 2.45) is 0 Å². The molecule has 0 bridgehead atoms. The van der Waals surface area contributed by atoms with E-state index >= 15 is 0 Å². The van der Waals surface area contributed by atoms with Crippen LogP contribution in [0.15, 0.2) is 54.0 Å². The third-order valence-corrected chi connectivity index (χ3v) is 5.30. The number of Topliss-reactive ketones (excluding diaryl/α,β-unsaturated/α-hetero) is 1. The van der Waals surface area contributed by atoms with E-state index in [1.54, 1.807) is 0 Å². The van der Waals surface area contributed by atoms with E-state index in [9.17, 15) is 9.59 Å². The predicted octanol–water partition coefficient (Wildman–Crippen LogP) is 3.90. The van der Waals surface area contributed by atoms with E-state index in [1.807, 2.05) is 65.5 Å². The zero-order chi connectivity index (χ0) is 16.7. The Bertz CT molecular complexity index is 938. The molecule has 1 amide bonds. The molecule has 3 aromatic rings. The van der Waals surface area contributed by atoms with Gasteiger partial charge >= 0.3 is 0 Å². The number of aromatic nitrogens is 1. The van der Waals surface area contributed by atoms with Gasteiger partial charge in [-0.25, -0.2) is 0 Å². The average molecular weight is 336 g/mol. The van der Waals surface area contributed by atoms with E-state index in [2.05, 4.69) is 5.32 Å². The molecule has 0 spiro atoms. The van der Waals surface area contributed by atoms with E-state index in [-0.39, 0.29) is 24.2 Å². The maximum atomic E-state index is 12.7. The van der Waals surface area contributed by atoms with E-state index in [0.717, 1.165) is 16.3 Å². The number of thiophene rings is 1. The van der Waals surface area contributed by atoms with Crippen molar-refractivity contribution in [2.45, 2.75) is 19.4 Å². The number of rotatable bonds is 3. The van der Waals surface area contributed by atoms with Crippen molar-refractivity contribution < 1.29 is 9.59 Å². The Kier molecular flexibility index (Phi) is 3.58. The van der Waals surface area contributed by atoms with Crippen LogP contribution in [-0.4, -0.2) is 16.3 Å². The largest absolute Gasteiger partial charge is 0.343 e. The van der Waals surface area contributed by atoms with Crippen molar-refractivity contribution in [3.05, 3.63) is 76.4 Å². The van der Waals surface area contributed by atoms with Crippen LogP contribution in [0.4, 0.5) is 0 Å². The molecule has 4 nitrogen and oxygen atoms in total. The monoisotopic (exact) mass is 336 g/mol. The normalized spacial score (nSPS) is 16.0. The Labute approximate surface area is 143 Å². The Morgan fingerprint density at radius 3 is 2.88 bits per heavy atom. The highest BCUT2D eigenvalue weighted by Crippen LogP contribution is 2.32. The van der Waals surface area contributed by atoms with Crippen molar-refractivity contribution >= 4 is 23.0 Å². The average Bonchev–Trinajstić information content (AvgIpc) is 3.21. The molecule has 1 aromatic carbocycles. The summed E-state index contributed by atoms with van der Waals surface area (Å²) >= 11 is 1.53. The molecule has 3 heterocycles. The fraction of sp³-hybridized carbons (Fsp3) is 0.158. The van der Waals surface area contributed by atoms with E-state index in [0.29, 0.717) is 11.1 Å². The molecule has 5 heteroatoms. The quantitative estimate of drug-likeness (QED) is 0.737. The van der Waals surface area contributed by atoms with Gasteiger partial charge in [0, 0.05) is 23.9 Å². The Hall–Kier alpha value is -2.66. The lowest BCUT2D eigenvalue weighted by Crippen LogP contribution is -2.29. The van der Waals surface area contributed by atoms with Crippen LogP contribution in [0.25, 0.3) is 5.00 Å². The molecule has 2 aromatic heterocycles. The highest BCUT2D eigenvalue weighted by atomic mass is 32.1. The van der Waals surface area contributed by atoms with Crippen molar-refractivity contribution in [1.29, 1.82) is 0 Å². The minimum Gasteiger partial charge on any atom is -0.343 e. The molecule has 1 aliphatic heterocycles. The number of nitrogens with zero attached hydrogens (tertiary/aromatic N) is 1. The first-order chi connectivity index (χ1) is 11.6. The fourth-order valence-corrected chi connectivity index (χ4v) is 4.07. The van der Waals surface area contributed by atoms with Crippen LogP contribution in [-0.2, 0) is 0 Å². The SMILES string of the molecule is Cc1ccccc1C(=O)CC1NC(=O)c2ccsc2-n2cccc21. The molecule has 0 radical (unpaired) electrons. The molecule has 0 saturated carbocycles. The highest BCUT2D eigenvalue weighted by molar-refractivity contribution is 7.13. The van der Waals surface area contributed by atoms with Gasteiger partial charge in [-0.05, 0) is 36.1 Å². The second kappa shape index (κ2) is 5.76. The molecule has 0 fully saturated rings. The summed E-state index contributed by atoms with van der Waals surface area (Å²) in [5.74, 6) is -0.0889. The van der Waals surface area contributed by atoms with Gasteiger partial charge in [0.2, 0.25) is 0 Å². The summed E-state index contributed by atoms with van der Waals surface area (Å²) in [6.45, 7) is 1.93. The smallest absolute Gasteiger partial charge is 0.254 e. The molecule has 120 valence electrons. The Morgan fingerprint density at radius 2 is 2.04 bits per heavy atom. The zero-order valence-corrected chi connectivity index (χ0v) is 14.0. The summed E-state index contributed by atoms with van der Waals surface area (Å²) in [4.78, 5) is 25.2. The van der Waals surface area contributed by atoms with Crippen LogP contribution >= 0.6 is 11.3 Å². The zero-order valence-electron chi connectivity index (χ0n) is 13.2. The van der Waals surface area contributed by atoms with Crippen LogP contribution in [0.2, 0.25) is 0 Å². The van der Waals surface area contributed by atoms with E-state index in [4.69, 9.17) is 0 Å². The number of benzene rings is 1. The standard InChI is InChI=1S/C19H16N2O2S/c1-12-5-2-3-6-13(12)17(22)11-15-16-7-4-9-21(16)19-14(8-10-24-19)18(23)20-15/h2-10,15H,11H2,1H3,(H,20,23). The van der Waals surface area contributed by atoms with Gasteiger partial charge < -0.3 is 9.88 Å². The lowest BCUT2D eigenvalue weighted by atomic mass is 9.98. The third kappa shape index (κ3) is 2.37. The lowest BCUT2D eigenvalue weighted by molar-refractivity contribution is 0.0914. The van der Waals surface area contributed by atoms with Gasteiger partial charge in [-0.2, -0.15) is 0 Å². The molecular weight excluding hydrogens is 320 g/mol. The van der Waals surface area contributed by atoms with Crippen molar-refractivity contribution in [3.8, 4) is 5.00 Å². The summed E-state index contributed by atoms with van der Waals surface area (Å²) in [5.41, 5.74) is 3.26. The number of amides is 1. The molecule has 1 atom stereocenters. The summed E-state index contributed by atoms with van der Waals surface area (Å²) in [6, 6.07) is 13.0.